The number of urea groups is 1. The molecule has 0 radical (unpaired) electrons. The minimum absolute atomic E-state index is 0.0897. The number of hydrogen-bond acceptors (Lipinski definition) is 3. The zero-order chi connectivity index (χ0) is 18.4. The standard InChI is InChI=1S/C21H26N2O3/c1-16(24)18-11-13-23(15-18)21(25)22-12-14-26-20-10-6-5-9-19(20)17-7-3-2-4-8-17/h2-10,16,18,24H,11-15H2,1H3,(H,22,25). The molecule has 2 unspecified atom stereocenters. The number of nitrogens with zero attached hydrogens (tertiary/aromatic N) is 1. The third-order valence-electron chi connectivity index (χ3n) is 4.80. The molecule has 1 heterocycles. The zero-order valence-corrected chi connectivity index (χ0v) is 15.1. The van der Waals surface area contributed by atoms with E-state index in [9.17, 15) is 9.90 Å². The molecule has 0 aliphatic carbocycles. The van der Waals surface area contributed by atoms with Gasteiger partial charge in [0.15, 0.2) is 0 Å². The van der Waals surface area contributed by atoms with E-state index in [4.69, 9.17) is 4.74 Å². The van der Waals surface area contributed by atoms with E-state index in [0.717, 1.165) is 23.3 Å². The Hall–Kier alpha value is -2.53. The molecule has 0 saturated carbocycles. The van der Waals surface area contributed by atoms with Crippen molar-refractivity contribution in [2.24, 2.45) is 5.92 Å². The van der Waals surface area contributed by atoms with Crippen LogP contribution in [-0.2, 0) is 0 Å². The summed E-state index contributed by atoms with van der Waals surface area (Å²) >= 11 is 0. The Morgan fingerprint density at radius 3 is 2.69 bits per heavy atom. The summed E-state index contributed by atoms with van der Waals surface area (Å²) in [5, 5.41) is 12.5. The van der Waals surface area contributed by atoms with Crippen LogP contribution in [0.5, 0.6) is 5.75 Å². The third-order valence-corrected chi connectivity index (χ3v) is 4.80. The summed E-state index contributed by atoms with van der Waals surface area (Å²) in [5.41, 5.74) is 2.15. The molecule has 0 aromatic heterocycles. The molecule has 2 aromatic carbocycles. The average Bonchev–Trinajstić information content (AvgIpc) is 3.17. The normalized spacial score (nSPS) is 17.8. The van der Waals surface area contributed by atoms with Gasteiger partial charge in [-0.05, 0) is 25.0 Å². The highest BCUT2D eigenvalue weighted by Gasteiger charge is 2.28. The summed E-state index contributed by atoms with van der Waals surface area (Å²) in [5.74, 6) is 0.984. The first-order valence-electron chi connectivity index (χ1n) is 9.13. The Morgan fingerprint density at radius 2 is 1.96 bits per heavy atom. The molecule has 1 saturated heterocycles. The molecule has 2 N–H and O–H groups in total. The van der Waals surface area contributed by atoms with Gasteiger partial charge in [0.2, 0.25) is 0 Å². The summed E-state index contributed by atoms with van der Waals surface area (Å²) in [6.45, 7) is 3.94. The fourth-order valence-electron chi connectivity index (χ4n) is 3.24. The smallest absolute Gasteiger partial charge is 0.317 e. The molecule has 5 heteroatoms. The number of aliphatic hydroxyl groups is 1. The van der Waals surface area contributed by atoms with Gasteiger partial charge in [0.25, 0.3) is 0 Å². The van der Waals surface area contributed by atoms with Crippen molar-refractivity contribution in [1.29, 1.82) is 0 Å². The predicted molar refractivity (Wildman–Crippen MR) is 102 cm³/mol. The van der Waals surface area contributed by atoms with E-state index in [1.807, 2.05) is 42.5 Å². The van der Waals surface area contributed by atoms with Gasteiger partial charge in [0, 0.05) is 24.6 Å². The topological polar surface area (TPSA) is 61.8 Å². The summed E-state index contributed by atoms with van der Waals surface area (Å²) in [6, 6.07) is 17.9. The van der Waals surface area contributed by atoms with Gasteiger partial charge in [0.1, 0.15) is 12.4 Å². The summed E-state index contributed by atoms with van der Waals surface area (Å²) in [6.07, 6.45) is 0.483. The number of carbonyl (C=O) groups excluding carboxylic acids is 1. The van der Waals surface area contributed by atoms with Crippen molar-refractivity contribution >= 4 is 6.03 Å². The van der Waals surface area contributed by atoms with Crippen molar-refractivity contribution in [3.8, 4) is 16.9 Å². The molecule has 26 heavy (non-hydrogen) atoms. The maximum absolute atomic E-state index is 12.2. The van der Waals surface area contributed by atoms with Crippen molar-refractivity contribution < 1.29 is 14.6 Å². The second kappa shape index (κ2) is 8.72. The van der Waals surface area contributed by atoms with Crippen molar-refractivity contribution in [3.05, 3.63) is 54.6 Å². The van der Waals surface area contributed by atoms with Gasteiger partial charge in [0.05, 0.1) is 12.6 Å². The molecule has 1 aliphatic rings. The lowest BCUT2D eigenvalue weighted by Crippen LogP contribution is -2.40. The van der Waals surface area contributed by atoms with Crippen molar-refractivity contribution in [1.82, 2.24) is 10.2 Å². The van der Waals surface area contributed by atoms with E-state index in [1.54, 1.807) is 11.8 Å². The molecule has 1 aliphatic heterocycles. The van der Waals surface area contributed by atoms with Gasteiger partial charge in [-0.3, -0.25) is 0 Å². The molecule has 0 bridgehead atoms. The lowest BCUT2D eigenvalue weighted by Gasteiger charge is -2.18. The summed E-state index contributed by atoms with van der Waals surface area (Å²) < 4.78 is 5.89. The number of aliphatic hydroxyl groups excluding tert-OH is 1. The number of para-hydroxylation sites is 1. The van der Waals surface area contributed by atoms with E-state index in [-0.39, 0.29) is 18.1 Å². The first-order valence-corrected chi connectivity index (χ1v) is 9.13. The van der Waals surface area contributed by atoms with E-state index >= 15 is 0 Å². The first kappa shape index (κ1) is 18.3. The second-order valence-electron chi connectivity index (χ2n) is 6.68. The van der Waals surface area contributed by atoms with E-state index in [1.165, 1.54) is 0 Å². The molecule has 2 aromatic rings. The number of carbonyl (C=O) groups is 1. The molecule has 3 rings (SSSR count). The van der Waals surface area contributed by atoms with Crippen LogP contribution < -0.4 is 10.1 Å². The average molecular weight is 354 g/mol. The Balaban J connectivity index is 1.48. The number of nitrogens with one attached hydrogen (secondary N) is 1. The lowest BCUT2D eigenvalue weighted by molar-refractivity contribution is 0.129. The van der Waals surface area contributed by atoms with Gasteiger partial charge < -0.3 is 20.1 Å². The fourth-order valence-corrected chi connectivity index (χ4v) is 3.24. The van der Waals surface area contributed by atoms with Crippen LogP contribution >= 0.6 is 0 Å². The van der Waals surface area contributed by atoms with Crippen molar-refractivity contribution in [2.45, 2.75) is 19.4 Å². The zero-order valence-electron chi connectivity index (χ0n) is 15.1. The first-order chi connectivity index (χ1) is 12.6. The van der Waals surface area contributed by atoms with E-state index < -0.39 is 0 Å². The molecule has 5 nitrogen and oxygen atoms in total. The number of benzene rings is 2. The number of rotatable bonds is 6. The van der Waals surface area contributed by atoms with E-state index in [0.29, 0.717) is 26.2 Å². The number of hydrogen-bond donors (Lipinski definition) is 2. The molecule has 0 spiro atoms. The predicted octanol–water partition coefficient (Wildman–Crippen LogP) is 3.14. The maximum Gasteiger partial charge on any atom is 0.317 e. The highest BCUT2D eigenvalue weighted by Crippen LogP contribution is 2.29. The van der Waals surface area contributed by atoms with Gasteiger partial charge in [-0.1, -0.05) is 48.5 Å². The lowest BCUT2D eigenvalue weighted by atomic mass is 10.0. The van der Waals surface area contributed by atoms with Crippen molar-refractivity contribution in [2.75, 3.05) is 26.2 Å². The second-order valence-corrected chi connectivity index (χ2v) is 6.68. The van der Waals surface area contributed by atoms with Crippen LogP contribution in [0.1, 0.15) is 13.3 Å². The van der Waals surface area contributed by atoms with Crippen LogP contribution in [0.2, 0.25) is 0 Å². The highest BCUT2D eigenvalue weighted by atomic mass is 16.5. The molecule has 1 fully saturated rings. The van der Waals surface area contributed by atoms with Gasteiger partial charge >= 0.3 is 6.03 Å². The molecular weight excluding hydrogens is 328 g/mol. The quantitative estimate of drug-likeness (QED) is 0.784. The Bertz CT molecular complexity index is 718. The summed E-state index contributed by atoms with van der Waals surface area (Å²) in [4.78, 5) is 14.0. The Kier molecular flexibility index (Phi) is 6.12. The maximum atomic E-state index is 12.2. The number of likely N-dealkylation sites (tertiary alicyclic amines) is 1. The fraction of sp³-hybridized carbons (Fsp3) is 0.381. The monoisotopic (exact) mass is 354 g/mol. The van der Waals surface area contributed by atoms with Gasteiger partial charge in [-0.15, -0.1) is 0 Å². The minimum atomic E-state index is -0.370. The van der Waals surface area contributed by atoms with Crippen LogP contribution in [0.4, 0.5) is 4.79 Å². The minimum Gasteiger partial charge on any atom is -0.491 e. The molecular formula is C21H26N2O3. The Labute approximate surface area is 154 Å². The van der Waals surface area contributed by atoms with Crippen molar-refractivity contribution in [3.63, 3.8) is 0 Å². The summed E-state index contributed by atoms with van der Waals surface area (Å²) in [7, 11) is 0. The third kappa shape index (κ3) is 4.55. The van der Waals surface area contributed by atoms with E-state index in [2.05, 4.69) is 17.4 Å². The largest absolute Gasteiger partial charge is 0.491 e. The molecule has 138 valence electrons. The van der Waals surface area contributed by atoms with Crippen LogP contribution in [0.3, 0.4) is 0 Å². The molecule has 2 amide bonds. The highest BCUT2D eigenvalue weighted by molar-refractivity contribution is 5.74. The SMILES string of the molecule is CC(O)C1CCN(C(=O)NCCOc2ccccc2-c2ccccc2)C1. The molecule has 2 atom stereocenters. The Morgan fingerprint density at radius 1 is 1.23 bits per heavy atom. The van der Waals surface area contributed by atoms with Crippen LogP contribution in [0, 0.1) is 5.92 Å². The van der Waals surface area contributed by atoms with Gasteiger partial charge in [-0.2, -0.15) is 0 Å². The van der Waals surface area contributed by atoms with Crippen LogP contribution in [-0.4, -0.2) is 48.4 Å². The van der Waals surface area contributed by atoms with Gasteiger partial charge in [-0.25, -0.2) is 4.79 Å². The van der Waals surface area contributed by atoms with Crippen LogP contribution in [0.25, 0.3) is 11.1 Å². The van der Waals surface area contributed by atoms with Crippen LogP contribution in [0.15, 0.2) is 54.6 Å². The number of ether oxygens (including phenoxy) is 1. The number of amides is 2.